The molecule has 1 aromatic carbocycles. The molecule has 0 atom stereocenters. The van der Waals surface area contributed by atoms with E-state index in [1.54, 1.807) is 30.5 Å². The number of hydrogen-bond acceptors (Lipinski definition) is 3. The minimum absolute atomic E-state index is 0.0178. The average Bonchev–Trinajstić information content (AvgIpc) is 2.41. The van der Waals surface area contributed by atoms with Crippen molar-refractivity contribution in [3.63, 3.8) is 0 Å². The van der Waals surface area contributed by atoms with Gasteiger partial charge in [0, 0.05) is 6.20 Å². The molecule has 0 unspecified atom stereocenters. The molecule has 1 N–H and O–H groups in total. The van der Waals surface area contributed by atoms with Crippen LogP contribution in [0, 0.1) is 0 Å². The molecule has 0 saturated heterocycles. The first-order valence-corrected chi connectivity index (χ1v) is 6.38. The number of carbonyl (C=O) groups is 1. The molecule has 104 valence electrons. The van der Waals surface area contributed by atoms with Gasteiger partial charge in [-0.15, -0.1) is 0 Å². The van der Waals surface area contributed by atoms with E-state index in [-0.39, 0.29) is 6.42 Å². The number of rotatable bonds is 5. The zero-order valence-corrected chi connectivity index (χ0v) is 11.5. The van der Waals surface area contributed by atoms with Crippen molar-refractivity contribution in [3.8, 4) is 5.75 Å². The molecule has 0 fully saturated rings. The Bertz CT molecular complexity index is 576. The Morgan fingerprint density at radius 1 is 1.20 bits per heavy atom. The van der Waals surface area contributed by atoms with E-state index in [0.29, 0.717) is 5.75 Å². The summed E-state index contributed by atoms with van der Waals surface area (Å²) in [5.41, 5.74) is 1.05. The van der Waals surface area contributed by atoms with Gasteiger partial charge in [0.05, 0.1) is 12.1 Å². The molecule has 4 heteroatoms. The molecular weight excluding hydrogens is 254 g/mol. The van der Waals surface area contributed by atoms with Gasteiger partial charge in [-0.25, -0.2) is 0 Å². The van der Waals surface area contributed by atoms with E-state index in [4.69, 9.17) is 9.84 Å². The number of hydrogen-bond donors (Lipinski definition) is 1. The quantitative estimate of drug-likeness (QED) is 0.908. The predicted molar refractivity (Wildman–Crippen MR) is 75.7 cm³/mol. The molecule has 0 bridgehead atoms. The second kappa shape index (κ2) is 5.74. The van der Waals surface area contributed by atoms with Crippen molar-refractivity contribution in [2.45, 2.75) is 25.9 Å². The van der Waals surface area contributed by atoms with Crippen LogP contribution in [0.4, 0.5) is 0 Å². The van der Waals surface area contributed by atoms with Gasteiger partial charge in [0.25, 0.3) is 0 Å². The summed E-state index contributed by atoms with van der Waals surface area (Å²) in [6.07, 6.45) is 1.75. The lowest BCUT2D eigenvalue weighted by molar-refractivity contribution is -0.136. The van der Waals surface area contributed by atoms with Gasteiger partial charge in [0.1, 0.15) is 11.4 Å². The molecule has 0 amide bonds. The van der Waals surface area contributed by atoms with E-state index < -0.39 is 11.6 Å². The van der Waals surface area contributed by atoms with Gasteiger partial charge in [0.15, 0.2) is 0 Å². The maximum atomic E-state index is 10.6. The molecule has 0 radical (unpaired) electrons. The highest BCUT2D eigenvalue weighted by Crippen LogP contribution is 2.26. The third-order valence-corrected chi connectivity index (χ3v) is 2.93. The Kier molecular flexibility index (Phi) is 4.03. The SMILES string of the molecule is CC(C)(Oc1ccc(CC(=O)O)cc1)c1ccccn1. The number of aromatic nitrogens is 1. The number of benzene rings is 1. The topological polar surface area (TPSA) is 59.4 Å². The number of carboxylic acid groups (broad SMARTS) is 1. The third kappa shape index (κ3) is 3.57. The molecule has 0 aliphatic carbocycles. The number of carboxylic acids is 1. The lowest BCUT2D eigenvalue weighted by Crippen LogP contribution is -2.26. The van der Waals surface area contributed by atoms with Crippen molar-refractivity contribution in [1.82, 2.24) is 4.98 Å². The Labute approximate surface area is 118 Å². The van der Waals surface area contributed by atoms with Crippen LogP contribution in [0.5, 0.6) is 5.75 Å². The highest BCUT2D eigenvalue weighted by atomic mass is 16.5. The summed E-state index contributed by atoms with van der Waals surface area (Å²) in [6, 6.07) is 12.8. The lowest BCUT2D eigenvalue weighted by atomic mass is 10.0. The molecule has 2 aromatic rings. The summed E-state index contributed by atoms with van der Waals surface area (Å²) in [4.78, 5) is 14.9. The number of ether oxygens (including phenoxy) is 1. The van der Waals surface area contributed by atoms with Gasteiger partial charge in [0.2, 0.25) is 0 Å². The van der Waals surface area contributed by atoms with Crippen LogP contribution in [0.1, 0.15) is 25.1 Å². The minimum Gasteiger partial charge on any atom is -0.482 e. The second-order valence-electron chi connectivity index (χ2n) is 5.04. The molecule has 0 spiro atoms. The van der Waals surface area contributed by atoms with E-state index in [0.717, 1.165) is 11.3 Å². The van der Waals surface area contributed by atoms with Gasteiger partial charge in [-0.2, -0.15) is 0 Å². The summed E-state index contributed by atoms with van der Waals surface area (Å²) in [7, 11) is 0. The number of nitrogens with zero attached hydrogens (tertiary/aromatic N) is 1. The van der Waals surface area contributed by atoms with E-state index in [1.165, 1.54) is 0 Å². The predicted octanol–water partition coefficient (Wildman–Crippen LogP) is 3.02. The van der Waals surface area contributed by atoms with Crippen molar-refractivity contribution < 1.29 is 14.6 Å². The van der Waals surface area contributed by atoms with Crippen LogP contribution in [-0.4, -0.2) is 16.1 Å². The van der Waals surface area contributed by atoms with Crippen LogP contribution in [0.2, 0.25) is 0 Å². The maximum absolute atomic E-state index is 10.6. The smallest absolute Gasteiger partial charge is 0.307 e. The second-order valence-corrected chi connectivity index (χ2v) is 5.04. The highest BCUT2D eigenvalue weighted by molar-refractivity contribution is 5.70. The van der Waals surface area contributed by atoms with Crippen LogP contribution >= 0.6 is 0 Å². The van der Waals surface area contributed by atoms with Crippen LogP contribution < -0.4 is 4.74 Å². The minimum atomic E-state index is -0.840. The van der Waals surface area contributed by atoms with E-state index in [2.05, 4.69) is 4.98 Å². The fourth-order valence-corrected chi connectivity index (χ4v) is 1.92. The van der Waals surface area contributed by atoms with E-state index in [9.17, 15) is 4.79 Å². The van der Waals surface area contributed by atoms with Crippen LogP contribution in [0.3, 0.4) is 0 Å². The first kappa shape index (κ1) is 14.1. The van der Waals surface area contributed by atoms with Crippen LogP contribution in [-0.2, 0) is 16.8 Å². The van der Waals surface area contributed by atoms with Crippen LogP contribution in [0.25, 0.3) is 0 Å². The molecule has 0 aliphatic heterocycles. The monoisotopic (exact) mass is 271 g/mol. The summed E-state index contributed by atoms with van der Waals surface area (Å²) in [6.45, 7) is 3.89. The maximum Gasteiger partial charge on any atom is 0.307 e. The first-order chi connectivity index (χ1) is 9.47. The van der Waals surface area contributed by atoms with Gasteiger partial charge in [-0.3, -0.25) is 9.78 Å². The normalized spacial score (nSPS) is 11.1. The molecule has 1 heterocycles. The highest BCUT2D eigenvalue weighted by Gasteiger charge is 2.23. The van der Waals surface area contributed by atoms with E-state index in [1.807, 2.05) is 32.0 Å². The van der Waals surface area contributed by atoms with Crippen molar-refractivity contribution in [2.24, 2.45) is 0 Å². The Balaban J connectivity index is 2.11. The summed E-state index contributed by atoms with van der Waals surface area (Å²) < 4.78 is 5.94. The molecule has 2 rings (SSSR count). The number of aliphatic carboxylic acids is 1. The third-order valence-electron chi connectivity index (χ3n) is 2.93. The fourth-order valence-electron chi connectivity index (χ4n) is 1.92. The van der Waals surface area contributed by atoms with E-state index >= 15 is 0 Å². The Morgan fingerprint density at radius 2 is 1.90 bits per heavy atom. The van der Waals surface area contributed by atoms with Crippen LogP contribution in [0.15, 0.2) is 48.7 Å². The zero-order valence-electron chi connectivity index (χ0n) is 11.5. The fraction of sp³-hybridized carbons (Fsp3) is 0.250. The summed E-state index contributed by atoms with van der Waals surface area (Å²) >= 11 is 0. The summed E-state index contributed by atoms with van der Waals surface area (Å²) in [5, 5.41) is 8.73. The van der Waals surface area contributed by atoms with Gasteiger partial charge in [-0.1, -0.05) is 18.2 Å². The van der Waals surface area contributed by atoms with Crippen molar-refractivity contribution in [1.29, 1.82) is 0 Å². The molecule has 0 saturated carbocycles. The molecular formula is C16H17NO3. The Hall–Kier alpha value is -2.36. The Morgan fingerprint density at radius 3 is 2.45 bits per heavy atom. The molecule has 0 aliphatic rings. The first-order valence-electron chi connectivity index (χ1n) is 6.38. The molecule has 1 aromatic heterocycles. The van der Waals surface area contributed by atoms with Gasteiger partial charge < -0.3 is 9.84 Å². The average molecular weight is 271 g/mol. The van der Waals surface area contributed by atoms with Crippen molar-refractivity contribution in [3.05, 3.63) is 59.9 Å². The standard InChI is InChI=1S/C16H17NO3/c1-16(2,14-5-3-4-10-17-14)20-13-8-6-12(7-9-13)11-15(18)19/h3-10H,11H2,1-2H3,(H,18,19). The molecule has 20 heavy (non-hydrogen) atoms. The number of pyridine rings is 1. The van der Waals surface area contributed by atoms with Crippen molar-refractivity contribution in [2.75, 3.05) is 0 Å². The lowest BCUT2D eigenvalue weighted by Gasteiger charge is -2.26. The van der Waals surface area contributed by atoms with Gasteiger partial charge >= 0.3 is 5.97 Å². The van der Waals surface area contributed by atoms with Crippen molar-refractivity contribution >= 4 is 5.97 Å². The largest absolute Gasteiger partial charge is 0.482 e. The van der Waals surface area contributed by atoms with Gasteiger partial charge in [-0.05, 0) is 43.7 Å². The summed E-state index contributed by atoms with van der Waals surface area (Å²) in [5.74, 6) is -0.151. The zero-order chi connectivity index (χ0) is 14.6. The molecule has 4 nitrogen and oxygen atoms in total.